The van der Waals surface area contributed by atoms with E-state index in [4.69, 9.17) is 23.0 Å². The molecule has 0 bridgehead atoms. The summed E-state index contributed by atoms with van der Waals surface area (Å²) in [6.07, 6.45) is 6.04. The van der Waals surface area contributed by atoms with Gasteiger partial charge in [-0.2, -0.15) is 0 Å². The first-order valence-corrected chi connectivity index (χ1v) is 20.1. The third-order valence-electron chi connectivity index (χ3n) is 10.9. The molecule has 0 spiro atoms. The highest BCUT2D eigenvalue weighted by Crippen LogP contribution is 2.30. The van der Waals surface area contributed by atoms with Crippen molar-refractivity contribution in [2.75, 3.05) is 19.8 Å². The molecule has 0 aliphatic carbocycles. The van der Waals surface area contributed by atoms with E-state index in [1.807, 2.05) is 103 Å². The number of benzene rings is 4. The van der Waals surface area contributed by atoms with Gasteiger partial charge < -0.3 is 23.0 Å². The number of unbranched alkanes of at least 4 members (excludes halogenated alkanes) is 1. The van der Waals surface area contributed by atoms with Gasteiger partial charge >= 0.3 is 0 Å². The Labute approximate surface area is 338 Å². The SMILES string of the molecule is CCC(C)(CCOC(C)(C)c1ccc(-c2cc(=O)c3ccccc3o2)cc1)OCCn1nncc1CCCCOc1ccc(-c2cc(=O)c3cc(C)ccc3o2)cc1. The summed E-state index contributed by atoms with van der Waals surface area (Å²) in [4.78, 5) is 25.3. The van der Waals surface area contributed by atoms with Crippen LogP contribution in [0.15, 0.2) is 128 Å². The third kappa shape index (κ3) is 9.64. The molecule has 3 heterocycles. The van der Waals surface area contributed by atoms with Gasteiger partial charge in [-0.1, -0.05) is 60.2 Å². The lowest BCUT2D eigenvalue weighted by Crippen LogP contribution is -2.33. The molecule has 10 nitrogen and oxygen atoms in total. The molecule has 58 heavy (non-hydrogen) atoms. The Balaban J connectivity index is 0.828. The third-order valence-corrected chi connectivity index (χ3v) is 10.9. The molecule has 0 radical (unpaired) electrons. The number of aromatic nitrogens is 3. The second-order valence-electron chi connectivity index (χ2n) is 15.6. The van der Waals surface area contributed by atoms with Crippen LogP contribution in [0.2, 0.25) is 0 Å². The number of para-hydroxylation sites is 1. The molecule has 0 aliphatic rings. The predicted molar refractivity (Wildman–Crippen MR) is 227 cm³/mol. The Hall–Kier alpha value is -5.84. The highest BCUT2D eigenvalue weighted by Gasteiger charge is 2.27. The van der Waals surface area contributed by atoms with Gasteiger partial charge in [-0.15, -0.1) is 5.10 Å². The van der Waals surface area contributed by atoms with E-state index < -0.39 is 5.60 Å². The molecule has 0 amide bonds. The summed E-state index contributed by atoms with van der Waals surface area (Å²) in [6, 6.07) is 31.6. The summed E-state index contributed by atoms with van der Waals surface area (Å²) in [5.74, 6) is 1.84. The van der Waals surface area contributed by atoms with Gasteiger partial charge in [-0.05, 0) is 114 Å². The average Bonchev–Trinajstić information content (AvgIpc) is 3.68. The monoisotopic (exact) mass is 781 g/mol. The van der Waals surface area contributed by atoms with Crippen molar-refractivity contribution < 1.29 is 23.0 Å². The molecule has 1 unspecified atom stereocenters. The van der Waals surface area contributed by atoms with Crippen LogP contribution >= 0.6 is 0 Å². The van der Waals surface area contributed by atoms with Crippen LogP contribution in [-0.4, -0.2) is 40.4 Å². The molecule has 0 aliphatic heterocycles. The lowest BCUT2D eigenvalue weighted by molar-refractivity contribution is -0.0858. The van der Waals surface area contributed by atoms with Crippen molar-refractivity contribution in [2.24, 2.45) is 0 Å². The fourth-order valence-corrected chi connectivity index (χ4v) is 7.00. The van der Waals surface area contributed by atoms with Crippen LogP contribution < -0.4 is 15.6 Å². The highest BCUT2D eigenvalue weighted by molar-refractivity contribution is 5.80. The Bertz CT molecular complexity index is 2590. The fraction of sp³-hybridized carbons (Fsp3) is 0.333. The molecule has 1 atom stereocenters. The van der Waals surface area contributed by atoms with Crippen LogP contribution in [0.5, 0.6) is 5.75 Å². The van der Waals surface area contributed by atoms with E-state index in [0.717, 1.165) is 65.8 Å². The van der Waals surface area contributed by atoms with Crippen LogP contribution in [0.1, 0.15) is 70.2 Å². The molecular formula is C48H51N3O7. The molecule has 3 aromatic heterocycles. The first-order chi connectivity index (χ1) is 28.0. The second-order valence-corrected chi connectivity index (χ2v) is 15.6. The normalized spacial score (nSPS) is 12.9. The topological polar surface area (TPSA) is 119 Å². The van der Waals surface area contributed by atoms with Gasteiger partial charge in [0.2, 0.25) is 0 Å². The molecule has 300 valence electrons. The minimum absolute atomic E-state index is 0.0529. The van der Waals surface area contributed by atoms with Crippen LogP contribution in [0.3, 0.4) is 0 Å². The zero-order chi connectivity index (χ0) is 40.7. The zero-order valence-electron chi connectivity index (χ0n) is 34.0. The Morgan fingerprint density at radius 2 is 1.38 bits per heavy atom. The van der Waals surface area contributed by atoms with Crippen molar-refractivity contribution >= 4 is 21.9 Å². The van der Waals surface area contributed by atoms with E-state index in [-0.39, 0.29) is 16.5 Å². The highest BCUT2D eigenvalue weighted by atomic mass is 16.5. The van der Waals surface area contributed by atoms with Crippen molar-refractivity contribution in [3.63, 3.8) is 0 Å². The molecule has 4 aromatic carbocycles. The quantitative estimate of drug-likeness (QED) is 0.0784. The number of ether oxygens (including phenoxy) is 3. The van der Waals surface area contributed by atoms with Crippen LogP contribution in [-0.2, 0) is 28.0 Å². The molecule has 7 aromatic rings. The van der Waals surface area contributed by atoms with Crippen molar-refractivity contribution in [3.8, 4) is 28.4 Å². The summed E-state index contributed by atoms with van der Waals surface area (Å²) < 4.78 is 32.9. The molecule has 0 N–H and O–H groups in total. The van der Waals surface area contributed by atoms with E-state index in [2.05, 4.69) is 38.0 Å². The molecule has 0 saturated carbocycles. The molecule has 0 saturated heterocycles. The molecular weight excluding hydrogens is 731 g/mol. The van der Waals surface area contributed by atoms with E-state index >= 15 is 0 Å². The van der Waals surface area contributed by atoms with Crippen molar-refractivity contribution in [2.45, 2.75) is 84.5 Å². The molecule has 0 fully saturated rings. The molecule has 10 heteroatoms. The van der Waals surface area contributed by atoms with Crippen molar-refractivity contribution in [1.29, 1.82) is 0 Å². The summed E-state index contributed by atoms with van der Waals surface area (Å²) in [5, 5.41) is 9.65. The van der Waals surface area contributed by atoms with Gasteiger partial charge in [0, 0.05) is 23.3 Å². The van der Waals surface area contributed by atoms with Crippen LogP contribution in [0, 0.1) is 6.92 Å². The Kier molecular flexibility index (Phi) is 12.4. The maximum atomic E-state index is 12.7. The first-order valence-electron chi connectivity index (χ1n) is 20.1. The van der Waals surface area contributed by atoms with Gasteiger partial charge in [0.1, 0.15) is 28.4 Å². The molecule has 7 rings (SSSR count). The van der Waals surface area contributed by atoms with Gasteiger partial charge in [0.25, 0.3) is 0 Å². The second kappa shape index (κ2) is 17.7. The first kappa shape index (κ1) is 40.4. The fourth-order valence-electron chi connectivity index (χ4n) is 7.00. The van der Waals surface area contributed by atoms with E-state index in [1.165, 1.54) is 0 Å². The van der Waals surface area contributed by atoms with Gasteiger partial charge in [-0.3, -0.25) is 9.59 Å². The summed E-state index contributed by atoms with van der Waals surface area (Å²) >= 11 is 0. The number of nitrogens with zero attached hydrogens (tertiary/aromatic N) is 3. The minimum atomic E-state index is -0.527. The van der Waals surface area contributed by atoms with Gasteiger partial charge in [0.05, 0.1) is 60.2 Å². The Morgan fingerprint density at radius 3 is 2.10 bits per heavy atom. The van der Waals surface area contributed by atoms with Gasteiger partial charge in [0.15, 0.2) is 10.9 Å². The average molecular weight is 782 g/mol. The summed E-state index contributed by atoms with van der Waals surface area (Å²) in [7, 11) is 0. The number of fused-ring (bicyclic) bond motifs is 2. The maximum Gasteiger partial charge on any atom is 0.193 e. The van der Waals surface area contributed by atoms with E-state index in [0.29, 0.717) is 59.8 Å². The number of aryl methyl sites for hydroxylation is 2. The Morgan fingerprint density at radius 1 is 0.707 bits per heavy atom. The van der Waals surface area contributed by atoms with Crippen molar-refractivity contribution in [3.05, 3.63) is 147 Å². The lowest BCUT2D eigenvalue weighted by atomic mass is 9.95. The van der Waals surface area contributed by atoms with Crippen molar-refractivity contribution in [1.82, 2.24) is 15.0 Å². The summed E-state index contributed by atoms with van der Waals surface area (Å²) in [5.41, 5.74) is 4.94. The van der Waals surface area contributed by atoms with Crippen LogP contribution in [0.25, 0.3) is 44.6 Å². The number of hydrogen-bond donors (Lipinski definition) is 0. The lowest BCUT2D eigenvalue weighted by Gasteiger charge is -2.32. The maximum absolute atomic E-state index is 12.7. The van der Waals surface area contributed by atoms with E-state index in [1.54, 1.807) is 18.2 Å². The predicted octanol–water partition coefficient (Wildman–Crippen LogP) is 10.1. The number of rotatable bonds is 18. The van der Waals surface area contributed by atoms with E-state index in [9.17, 15) is 9.59 Å². The number of hydrogen-bond acceptors (Lipinski definition) is 9. The minimum Gasteiger partial charge on any atom is -0.494 e. The zero-order valence-corrected chi connectivity index (χ0v) is 34.0. The van der Waals surface area contributed by atoms with Crippen LogP contribution in [0.4, 0.5) is 0 Å². The largest absolute Gasteiger partial charge is 0.494 e. The smallest absolute Gasteiger partial charge is 0.193 e. The standard InChI is InChI=1S/C48H51N3O7/c1-6-48(5,24-27-55-47(3,4)36-19-15-34(16-20-36)45-30-41(52)39-12-7-8-13-43(39)57-45)56-28-25-51-37(32-49-50-51)11-9-10-26-54-38-21-17-35(18-22-38)46-31-42(53)40-29-33(2)14-23-44(40)58-46/h7-8,12-23,29-32H,6,9-11,24-28H2,1-5H3. The summed E-state index contributed by atoms with van der Waals surface area (Å²) in [6.45, 7) is 12.6. The van der Waals surface area contributed by atoms with Gasteiger partial charge in [-0.25, -0.2) is 4.68 Å².